The first-order valence-corrected chi connectivity index (χ1v) is 7.64. The Morgan fingerprint density at radius 2 is 1.96 bits per heavy atom. The molecule has 0 saturated carbocycles. The Balaban J connectivity index is 1.86. The van der Waals surface area contributed by atoms with Gasteiger partial charge in [0.25, 0.3) is 0 Å². The summed E-state index contributed by atoms with van der Waals surface area (Å²) >= 11 is 0. The number of amides is 1. The van der Waals surface area contributed by atoms with E-state index in [9.17, 15) is 14.9 Å². The summed E-state index contributed by atoms with van der Waals surface area (Å²) in [6.07, 6.45) is 1.64. The zero-order valence-electron chi connectivity index (χ0n) is 13.2. The van der Waals surface area contributed by atoms with Crippen molar-refractivity contribution >= 4 is 23.2 Å². The number of imidazole rings is 1. The van der Waals surface area contributed by atoms with Gasteiger partial charge in [0.05, 0.1) is 6.20 Å². The van der Waals surface area contributed by atoms with E-state index in [1.807, 2.05) is 23.6 Å². The standard InChI is InChI=1S/C15H19N5O3/c1-11(2)15(21)18-9-7-17(8-10-18)13-14(20(22)23)19-6-4-3-5-12(19)16-13/h3-6,11H,7-10H2,1-2H3. The van der Waals surface area contributed by atoms with Crippen LogP contribution in [0.1, 0.15) is 13.8 Å². The first-order chi connectivity index (χ1) is 11.0. The fraction of sp³-hybridized carbons (Fsp3) is 0.467. The van der Waals surface area contributed by atoms with Gasteiger partial charge in [-0.3, -0.25) is 4.79 Å². The first-order valence-electron chi connectivity index (χ1n) is 7.64. The van der Waals surface area contributed by atoms with Crippen LogP contribution in [0.15, 0.2) is 24.4 Å². The molecule has 0 bridgehead atoms. The SMILES string of the molecule is CC(C)C(=O)N1CCN(c2nc3ccccn3c2[N+](=O)[O-])CC1. The van der Waals surface area contributed by atoms with E-state index in [-0.39, 0.29) is 17.6 Å². The Morgan fingerprint density at radius 1 is 1.26 bits per heavy atom. The van der Waals surface area contributed by atoms with Crippen molar-refractivity contribution in [2.24, 2.45) is 5.92 Å². The van der Waals surface area contributed by atoms with Gasteiger partial charge in [-0.2, -0.15) is 9.38 Å². The van der Waals surface area contributed by atoms with E-state index >= 15 is 0 Å². The predicted octanol–water partition coefficient (Wildman–Crippen LogP) is 1.55. The molecule has 0 atom stereocenters. The molecule has 8 nitrogen and oxygen atoms in total. The minimum atomic E-state index is -0.402. The molecule has 122 valence electrons. The van der Waals surface area contributed by atoms with Crippen molar-refractivity contribution in [3.8, 4) is 0 Å². The molecule has 0 spiro atoms. The van der Waals surface area contributed by atoms with Crippen molar-refractivity contribution in [1.29, 1.82) is 0 Å². The van der Waals surface area contributed by atoms with Gasteiger partial charge in [0, 0.05) is 38.2 Å². The summed E-state index contributed by atoms with van der Waals surface area (Å²) < 4.78 is 1.49. The Morgan fingerprint density at radius 3 is 2.57 bits per heavy atom. The van der Waals surface area contributed by atoms with Crippen molar-refractivity contribution in [2.45, 2.75) is 13.8 Å². The van der Waals surface area contributed by atoms with Gasteiger partial charge < -0.3 is 19.9 Å². The molecule has 1 saturated heterocycles. The van der Waals surface area contributed by atoms with Crippen LogP contribution in [0.3, 0.4) is 0 Å². The number of carbonyl (C=O) groups excluding carboxylic acids is 1. The number of anilines is 1. The molecule has 23 heavy (non-hydrogen) atoms. The van der Waals surface area contributed by atoms with Gasteiger partial charge in [-0.05, 0) is 11.0 Å². The summed E-state index contributed by atoms with van der Waals surface area (Å²) in [6.45, 7) is 5.96. The average Bonchev–Trinajstić information content (AvgIpc) is 2.93. The third kappa shape index (κ3) is 2.71. The zero-order valence-corrected chi connectivity index (χ0v) is 13.2. The van der Waals surface area contributed by atoms with Crippen molar-refractivity contribution in [3.63, 3.8) is 0 Å². The molecular weight excluding hydrogens is 298 g/mol. The quantitative estimate of drug-likeness (QED) is 0.633. The Bertz CT molecular complexity index is 747. The Kier molecular flexibility index (Phi) is 3.89. The number of aromatic nitrogens is 2. The van der Waals surface area contributed by atoms with Crippen LogP contribution in [0.5, 0.6) is 0 Å². The van der Waals surface area contributed by atoms with Crippen molar-refractivity contribution in [1.82, 2.24) is 14.3 Å². The van der Waals surface area contributed by atoms with Gasteiger partial charge in [-0.25, -0.2) is 0 Å². The molecule has 0 aromatic carbocycles. The number of fused-ring (bicyclic) bond motifs is 1. The number of pyridine rings is 1. The largest absolute Gasteiger partial charge is 0.372 e. The van der Waals surface area contributed by atoms with Crippen LogP contribution in [0.2, 0.25) is 0 Å². The van der Waals surface area contributed by atoms with E-state index in [0.29, 0.717) is 37.6 Å². The summed E-state index contributed by atoms with van der Waals surface area (Å²) in [5, 5.41) is 11.5. The molecular formula is C15H19N5O3. The highest BCUT2D eigenvalue weighted by atomic mass is 16.6. The van der Waals surface area contributed by atoms with Gasteiger partial charge in [0.2, 0.25) is 17.4 Å². The smallest absolute Gasteiger partial charge is 0.358 e. The highest BCUT2D eigenvalue weighted by Gasteiger charge is 2.30. The lowest BCUT2D eigenvalue weighted by atomic mass is 10.1. The molecule has 0 N–H and O–H groups in total. The van der Waals surface area contributed by atoms with E-state index in [1.54, 1.807) is 24.4 Å². The number of piperazine rings is 1. The molecule has 3 rings (SSSR count). The zero-order chi connectivity index (χ0) is 16.6. The topological polar surface area (TPSA) is 84.0 Å². The molecule has 8 heteroatoms. The van der Waals surface area contributed by atoms with Crippen LogP contribution in [-0.4, -0.2) is 51.3 Å². The van der Waals surface area contributed by atoms with E-state index in [4.69, 9.17) is 0 Å². The van der Waals surface area contributed by atoms with Crippen LogP contribution in [0.25, 0.3) is 5.65 Å². The molecule has 0 radical (unpaired) electrons. The van der Waals surface area contributed by atoms with Gasteiger partial charge in [-0.15, -0.1) is 0 Å². The van der Waals surface area contributed by atoms with Crippen molar-refractivity contribution in [3.05, 3.63) is 34.5 Å². The second-order valence-electron chi connectivity index (χ2n) is 5.91. The Labute approximate surface area is 133 Å². The molecule has 3 heterocycles. The van der Waals surface area contributed by atoms with Crippen LogP contribution >= 0.6 is 0 Å². The minimum absolute atomic E-state index is 0.0239. The van der Waals surface area contributed by atoms with Gasteiger partial charge in [0.15, 0.2) is 0 Å². The molecule has 2 aromatic heterocycles. The lowest BCUT2D eigenvalue weighted by molar-refractivity contribution is -0.389. The Hall–Kier alpha value is -2.64. The van der Waals surface area contributed by atoms with Crippen LogP contribution in [-0.2, 0) is 4.79 Å². The van der Waals surface area contributed by atoms with Gasteiger partial charge >= 0.3 is 5.82 Å². The summed E-state index contributed by atoms with van der Waals surface area (Å²) in [4.78, 5) is 31.2. The summed E-state index contributed by atoms with van der Waals surface area (Å²) in [5.41, 5.74) is 0.551. The van der Waals surface area contributed by atoms with Crippen LogP contribution in [0, 0.1) is 16.0 Å². The maximum Gasteiger partial charge on any atom is 0.372 e. The molecule has 2 aromatic rings. The molecule has 0 unspecified atom stereocenters. The first kappa shape index (κ1) is 15.3. The lowest BCUT2D eigenvalue weighted by Gasteiger charge is -2.35. The molecule has 0 aliphatic carbocycles. The number of hydrogen-bond acceptors (Lipinski definition) is 5. The van der Waals surface area contributed by atoms with Crippen molar-refractivity contribution in [2.75, 3.05) is 31.1 Å². The van der Waals surface area contributed by atoms with Crippen molar-refractivity contribution < 1.29 is 9.72 Å². The van der Waals surface area contributed by atoms with E-state index in [2.05, 4.69) is 4.98 Å². The van der Waals surface area contributed by atoms with E-state index < -0.39 is 4.92 Å². The normalized spacial score (nSPS) is 15.4. The summed E-state index contributed by atoms with van der Waals surface area (Å²) in [7, 11) is 0. The maximum absolute atomic E-state index is 12.0. The molecule has 1 aliphatic rings. The molecule has 1 fully saturated rings. The number of carbonyl (C=O) groups is 1. The summed E-state index contributed by atoms with van der Waals surface area (Å²) in [5.74, 6) is 0.433. The van der Waals surface area contributed by atoms with Gasteiger partial charge in [-0.1, -0.05) is 19.9 Å². The lowest BCUT2D eigenvalue weighted by Crippen LogP contribution is -2.50. The molecule has 1 aliphatic heterocycles. The number of nitro groups is 1. The number of nitrogens with zero attached hydrogens (tertiary/aromatic N) is 5. The molecule has 1 amide bonds. The second kappa shape index (κ2) is 5.86. The van der Waals surface area contributed by atoms with Crippen LogP contribution in [0.4, 0.5) is 11.6 Å². The minimum Gasteiger partial charge on any atom is -0.358 e. The predicted molar refractivity (Wildman–Crippen MR) is 85.5 cm³/mol. The third-order valence-corrected chi connectivity index (χ3v) is 4.04. The number of hydrogen-bond donors (Lipinski definition) is 0. The van der Waals surface area contributed by atoms with E-state index in [0.717, 1.165) is 0 Å². The van der Waals surface area contributed by atoms with E-state index in [1.165, 1.54) is 4.40 Å². The van der Waals surface area contributed by atoms with Gasteiger partial charge in [0.1, 0.15) is 0 Å². The highest BCUT2D eigenvalue weighted by Crippen LogP contribution is 2.29. The maximum atomic E-state index is 12.0. The summed E-state index contributed by atoms with van der Waals surface area (Å²) in [6, 6.07) is 5.29. The fourth-order valence-corrected chi connectivity index (χ4v) is 2.86. The third-order valence-electron chi connectivity index (χ3n) is 4.04. The fourth-order valence-electron chi connectivity index (χ4n) is 2.86. The second-order valence-corrected chi connectivity index (χ2v) is 5.91. The average molecular weight is 317 g/mol. The monoisotopic (exact) mass is 317 g/mol. The van der Waals surface area contributed by atoms with Crippen LogP contribution < -0.4 is 4.90 Å². The number of rotatable bonds is 3. The highest BCUT2D eigenvalue weighted by molar-refractivity contribution is 5.78.